The first-order chi connectivity index (χ1) is 14.3. The Morgan fingerprint density at radius 3 is 2.17 bits per heavy atom. The highest BCUT2D eigenvalue weighted by Gasteiger charge is 2.45. The van der Waals surface area contributed by atoms with Gasteiger partial charge in [-0.25, -0.2) is 0 Å². The largest absolute Gasteiger partial charge is 0.507 e. The molecule has 7 heteroatoms. The van der Waals surface area contributed by atoms with Gasteiger partial charge in [0.2, 0.25) is 0 Å². The number of Topliss-reactive ketones (excluding diaryl/α,β-unsaturated/α-hetero) is 1. The van der Waals surface area contributed by atoms with E-state index in [-0.39, 0.29) is 17.4 Å². The highest BCUT2D eigenvalue weighted by atomic mass is 35.5. The van der Waals surface area contributed by atoms with Crippen LogP contribution in [0.25, 0.3) is 5.76 Å². The minimum atomic E-state index is -0.716. The molecule has 1 amide bonds. The first-order valence-corrected chi connectivity index (χ1v) is 10.5. The summed E-state index contributed by atoms with van der Waals surface area (Å²) < 4.78 is 5.56. The number of carbonyl (C=O) groups excluding carboxylic acids is 2. The molecule has 1 aliphatic heterocycles. The van der Waals surface area contributed by atoms with Gasteiger partial charge in [-0.05, 0) is 62.2 Å². The molecule has 0 aromatic heterocycles. The van der Waals surface area contributed by atoms with Gasteiger partial charge in [-0.2, -0.15) is 0 Å². The van der Waals surface area contributed by atoms with Crippen molar-refractivity contribution in [1.29, 1.82) is 0 Å². The normalized spacial score (nSPS) is 18.4. The van der Waals surface area contributed by atoms with Crippen LogP contribution in [0.1, 0.15) is 37.4 Å². The van der Waals surface area contributed by atoms with Crippen LogP contribution in [-0.4, -0.2) is 41.0 Å². The Balaban J connectivity index is 2.01. The van der Waals surface area contributed by atoms with Crippen molar-refractivity contribution in [2.75, 3.05) is 13.2 Å². The molecular weight excluding hydrogens is 425 g/mol. The van der Waals surface area contributed by atoms with Crippen LogP contribution >= 0.6 is 23.2 Å². The fraction of sp³-hybridized carbons (Fsp3) is 0.304. The summed E-state index contributed by atoms with van der Waals surface area (Å²) in [6.45, 7) is 4.66. The highest BCUT2D eigenvalue weighted by molar-refractivity contribution is 6.46. The third-order valence-electron chi connectivity index (χ3n) is 4.84. The number of ether oxygens (including phenoxy) is 1. The molecule has 1 N–H and O–H groups in total. The van der Waals surface area contributed by atoms with E-state index in [4.69, 9.17) is 27.9 Å². The average Bonchev–Trinajstić information content (AvgIpc) is 2.96. The third-order valence-corrected chi connectivity index (χ3v) is 5.34. The fourth-order valence-corrected chi connectivity index (χ4v) is 3.67. The van der Waals surface area contributed by atoms with Crippen LogP contribution in [0.5, 0.6) is 0 Å². The maximum absolute atomic E-state index is 12.9. The third kappa shape index (κ3) is 4.86. The Kier molecular flexibility index (Phi) is 7.19. The first kappa shape index (κ1) is 22.3. The molecule has 5 nitrogen and oxygen atoms in total. The molecule has 1 saturated heterocycles. The average molecular weight is 448 g/mol. The minimum Gasteiger partial charge on any atom is -0.507 e. The number of halogens is 2. The molecule has 1 aliphatic rings. The number of rotatable bonds is 7. The van der Waals surface area contributed by atoms with Crippen molar-refractivity contribution in [3.63, 3.8) is 0 Å². The van der Waals surface area contributed by atoms with Gasteiger partial charge >= 0.3 is 0 Å². The predicted octanol–water partition coefficient (Wildman–Crippen LogP) is 5.23. The maximum atomic E-state index is 12.9. The summed E-state index contributed by atoms with van der Waals surface area (Å²) in [6.07, 6.45) is 0.647. The van der Waals surface area contributed by atoms with Gasteiger partial charge in [-0.15, -0.1) is 0 Å². The Labute approximate surface area is 185 Å². The molecule has 0 saturated carbocycles. The second-order valence-corrected chi connectivity index (χ2v) is 8.20. The van der Waals surface area contributed by atoms with Crippen LogP contribution in [0.4, 0.5) is 0 Å². The van der Waals surface area contributed by atoms with Gasteiger partial charge in [-0.3, -0.25) is 9.59 Å². The Hall–Kier alpha value is -2.34. The summed E-state index contributed by atoms with van der Waals surface area (Å²) in [7, 11) is 0. The maximum Gasteiger partial charge on any atom is 0.295 e. The number of carbonyl (C=O) groups is 2. The van der Waals surface area contributed by atoms with Crippen molar-refractivity contribution in [2.24, 2.45) is 0 Å². The zero-order valence-corrected chi connectivity index (χ0v) is 18.3. The Morgan fingerprint density at radius 2 is 1.60 bits per heavy atom. The van der Waals surface area contributed by atoms with Gasteiger partial charge in [-0.1, -0.05) is 35.3 Å². The lowest BCUT2D eigenvalue weighted by Crippen LogP contribution is -2.31. The van der Waals surface area contributed by atoms with Gasteiger partial charge < -0.3 is 14.7 Å². The van der Waals surface area contributed by atoms with E-state index in [9.17, 15) is 14.7 Å². The van der Waals surface area contributed by atoms with Crippen molar-refractivity contribution in [2.45, 2.75) is 32.4 Å². The molecule has 3 rings (SSSR count). The molecule has 30 heavy (non-hydrogen) atoms. The molecule has 2 aromatic carbocycles. The number of aliphatic hydroxyl groups is 1. The molecule has 2 aromatic rings. The Morgan fingerprint density at radius 1 is 1.03 bits per heavy atom. The summed E-state index contributed by atoms with van der Waals surface area (Å²) in [5, 5.41) is 12.0. The van der Waals surface area contributed by atoms with Gasteiger partial charge in [0.15, 0.2) is 0 Å². The van der Waals surface area contributed by atoms with Crippen molar-refractivity contribution in [3.8, 4) is 0 Å². The minimum absolute atomic E-state index is 0.0504. The number of amides is 1. The van der Waals surface area contributed by atoms with Crippen molar-refractivity contribution >= 4 is 40.7 Å². The van der Waals surface area contributed by atoms with E-state index >= 15 is 0 Å². The smallest absolute Gasteiger partial charge is 0.295 e. The van der Waals surface area contributed by atoms with E-state index in [0.717, 1.165) is 0 Å². The molecule has 1 fully saturated rings. The molecule has 158 valence electrons. The second-order valence-electron chi connectivity index (χ2n) is 7.32. The first-order valence-electron chi connectivity index (χ1n) is 9.71. The van der Waals surface area contributed by atoms with Gasteiger partial charge in [0, 0.05) is 28.8 Å². The summed E-state index contributed by atoms with van der Waals surface area (Å²) >= 11 is 11.9. The summed E-state index contributed by atoms with van der Waals surface area (Å²) in [5.41, 5.74) is 1.16. The standard InChI is InChI=1S/C23H23Cl2NO4/c1-14(2)30-13-3-12-26-20(15-4-8-17(24)9-5-15)19(22(28)23(26)29)21(27)16-6-10-18(25)11-7-16/h4-11,14,20,27H,3,12-13H2,1-2H3/t20-/m1/s1. The van der Waals surface area contributed by atoms with Crippen LogP contribution in [0.15, 0.2) is 54.1 Å². The van der Waals surface area contributed by atoms with Crippen molar-refractivity contribution in [1.82, 2.24) is 4.90 Å². The number of aliphatic hydroxyl groups excluding tert-OH is 1. The lowest BCUT2D eigenvalue weighted by Gasteiger charge is -2.25. The van der Waals surface area contributed by atoms with Crippen LogP contribution < -0.4 is 0 Å². The van der Waals surface area contributed by atoms with Crippen LogP contribution in [0, 0.1) is 0 Å². The van der Waals surface area contributed by atoms with E-state index in [1.165, 1.54) is 4.90 Å². The topological polar surface area (TPSA) is 66.8 Å². The van der Waals surface area contributed by atoms with E-state index < -0.39 is 17.7 Å². The number of benzene rings is 2. The van der Waals surface area contributed by atoms with Crippen LogP contribution in [0.3, 0.4) is 0 Å². The van der Waals surface area contributed by atoms with E-state index in [1.54, 1.807) is 48.5 Å². The molecule has 1 heterocycles. The number of nitrogens with zero attached hydrogens (tertiary/aromatic N) is 1. The molecule has 0 aliphatic carbocycles. The van der Waals surface area contributed by atoms with Crippen LogP contribution in [0.2, 0.25) is 10.0 Å². The molecule has 0 bridgehead atoms. The molecular formula is C23H23Cl2NO4. The van der Waals surface area contributed by atoms with Crippen molar-refractivity contribution in [3.05, 3.63) is 75.3 Å². The second kappa shape index (κ2) is 9.65. The van der Waals surface area contributed by atoms with Gasteiger partial charge in [0.05, 0.1) is 17.7 Å². The van der Waals surface area contributed by atoms with Crippen LogP contribution in [-0.2, 0) is 14.3 Å². The van der Waals surface area contributed by atoms with E-state index in [0.29, 0.717) is 40.7 Å². The van der Waals surface area contributed by atoms with Gasteiger partial charge in [0.1, 0.15) is 5.76 Å². The van der Waals surface area contributed by atoms with E-state index in [1.807, 2.05) is 13.8 Å². The molecule has 0 radical (unpaired) electrons. The zero-order chi connectivity index (χ0) is 21.8. The van der Waals surface area contributed by atoms with Crippen molar-refractivity contribution < 1.29 is 19.4 Å². The monoisotopic (exact) mass is 447 g/mol. The Bertz CT molecular complexity index is 952. The predicted molar refractivity (Wildman–Crippen MR) is 118 cm³/mol. The summed E-state index contributed by atoms with van der Waals surface area (Å²) in [5.74, 6) is -1.59. The number of hydrogen-bond donors (Lipinski definition) is 1. The fourth-order valence-electron chi connectivity index (χ4n) is 3.42. The summed E-state index contributed by atoms with van der Waals surface area (Å²) in [4.78, 5) is 27.2. The molecule has 1 atom stereocenters. The lowest BCUT2D eigenvalue weighted by atomic mass is 9.95. The number of ketones is 1. The zero-order valence-electron chi connectivity index (χ0n) is 16.8. The quantitative estimate of drug-likeness (QED) is 0.273. The van der Waals surface area contributed by atoms with Gasteiger partial charge in [0.25, 0.3) is 11.7 Å². The van der Waals surface area contributed by atoms with E-state index in [2.05, 4.69) is 0 Å². The highest BCUT2D eigenvalue weighted by Crippen LogP contribution is 2.39. The molecule has 0 unspecified atom stereocenters. The number of hydrogen-bond acceptors (Lipinski definition) is 4. The molecule has 0 spiro atoms. The number of likely N-dealkylation sites (tertiary alicyclic amines) is 1. The summed E-state index contributed by atoms with van der Waals surface area (Å²) in [6, 6.07) is 12.7. The SMILES string of the molecule is CC(C)OCCCN1C(=O)C(=O)C(=C(O)c2ccc(Cl)cc2)[C@H]1c1ccc(Cl)cc1. The lowest BCUT2D eigenvalue weighted by molar-refractivity contribution is -0.140.